The summed E-state index contributed by atoms with van der Waals surface area (Å²) in [6, 6.07) is 5.39. The van der Waals surface area contributed by atoms with Gasteiger partial charge < -0.3 is 0 Å². The highest BCUT2D eigenvalue weighted by atomic mass is 35.5. The minimum absolute atomic E-state index is 0.509. The molecular weight excluding hydrogens is 310 g/mol. The summed E-state index contributed by atoms with van der Waals surface area (Å²) in [4.78, 5) is 0. The first kappa shape index (κ1) is 14.6. The predicted octanol–water partition coefficient (Wildman–Crippen LogP) is 4.93. The van der Waals surface area contributed by atoms with Gasteiger partial charge in [-0.3, -0.25) is 4.68 Å². The molecule has 1 aliphatic carbocycles. The summed E-state index contributed by atoms with van der Waals surface area (Å²) >= 11 is 12.1. The Labute approximate surface area is 133 Å². The average molecular weight is 325 g/mol. The van der Waals surface area contributed by atoms with Crippen LogP contribution in [0.3, 0.4) is 0 Å². The lowest BCUT2D eigenvalue weighted by Gasteiger charge is -2.21. The van der Waals surface area contributed by atoms with Crippen molar-refractivity contribution in [2.45, 2.75) is 32.5 Å². The van der Waals surface area contributed by atoms with Gasteiger partial charge in [-0.25, -0.2) is 4.39 Å². The molecule has 0 fully saturated rings. The maximum Gasteiger partial charge on any atom is 0.127 e. The second kappa shape index (κ2) is 5.82. The van der Waals surface area contributed by atoms with Crippen molar-refractivity contribution < 1.29 is 4.39 Å². The van der Waals surface area contributed by atoms with Crippen molar-refractivity contribution in [1.29, 1.82) is 0 Å². The van der Waals surface area contributed by atoms with Crippen LogP contribution in [-0.2, 0) is 13.0 Å². The molecule has 0 radical (unpaired) electrons. The molecule has 2 aromatic rings. The van der Waals surface area contributed by atoms with Crippen LogP contribution in [0.25, 0.3) is 5.57 Å². The van der Waals surface area contributed by atoms with Gasteiger partial charge in [0.15, 0.2) is 0 Å². The second-order valence-corrected chi connectivity index (χ2v) is 6.01. The maximum atomic E-state index is 14.1. The molecule has 1 aliphatic rings. The van der Waals surface area contributed by atoms with Crippen molar-refractivity contribution >= 4 is 28.8 Å². The first-order valence-corrected chi connectivity index (χ1v) is 7.65. The number of hydrogen-bond acceptors (Lipinski definition) is 1. The predicted molar refractivity (Wildman–Crippen MR) is 84.7 cm³/mol. The van der Waals surface area contributed by atoms with Crippen LogP contribution in [0.2, 0.25) is 10.0 Å². The normalized spacial score (nSPS) is 19.8. The molecule has 1 aromatic heterocycles. The molecule has 0 amide bonds. The van der Waals surface area contributed by atoms with Gasteiger partial charge in [0.2, 0.25) is 0 Å². The summed E-state index contributed by atoms with van der Waals surface area (Å²) in [7, 11) is 0. The highest BCUT2D eigenvalue weighted by Crippen LogP contribution is 2.33. The van der Waals surface area contributed by atoms with E-state index in [4.69, 9.17) is 23.2 Å². The van der Waals surface area contributed by atoms with Crippen LogP contribution in [0, 0.1) is 0 Å². The van der Waals surface area contributed by atoms with Crippen LogP contribution in [0.5, 0.6) is 0 Å². The van der Waals surface area contributed by atoms with E-state index in [1.54, 1.807) is 12.1 Å². The number of nitrogens with zero attached hydrogens (tertiary/aromatic N) is 2. The number of hydrogen-bond donors (Lipinski definition) is 0. The van der Waals surface area contributed by atoms with Crippen LogP contribution in [0.1, 0.15) is 30.2 Å². The molecule has 21 heavy (non-hydrogen) atoms. The summed E-state index contributed by atoms with van der Waals surface area (Å²) in [5, 5.41) is 5.61. The van der Waals surface area contributed by atoms with Gasteiger partial charge in [0, 0.05) is 15.6 Å². The van der Waals surface area contributed by atoms with Crippen LogP contribution >= 0.6 is 23.2 Å². The van der Waals surface area contributed by atoms with Crippen LogP contribution in [0.4, 0.5) is 4.39 Å². The van der Waals surface area contributed by atoms with Crippen LogP contribution in [0.15, 0.2) is 30.5 Å². The molecule has 0 saturated carbocycles. The van der Waals surface area contributed by atoms with Crippen molar-refractivity contribution in [1.82, 2.24) is 9.78 Å². The lowest BCUT2D eigenvalue weighted by atomic mass is 9.91. The molecule has 0 saturated heterocycles. The summed E-state index contributed by atoms with van der Waals surface area (Å²) in [5.41, 5.74) is 3.63. The third-order valence-electron chi connectivity index (χ3n) is 3.84. The Morgan fingerprint density at radius 1 is 1.43 bits per heavy atom. The molecule has 3 rings (SSSR count). The zero-order chi connectivity index (χ0) is 15.0. The fourth-order valence-electron chi connectivity index (χ4n) is 2.78. The number of aromatic nitrogens is 2. The lowest BCUT2D eigenvalue weighted by molar-refractivity contribution is 0.380. The zero-order valence-corrected chi connectivity index (χ0v) is 13.1. The fraction of sp³-hybridized carbons (Fsp3) is 0.312. The molecule has 1 heterocycles. The van der Waals surface area contributed by atoms with Crippen LogP contribution in [-0.4, -0.2) is 16.0 Å². The number of alkyl halides is 1. The molecule has 1 atom stereocenters. The van der Waals surface area contributed by atoms with Crippen molar-refractivity contribution in [2.24, 2.45) is 0 Å². The first-order valence-electron chi connectivity index (χ1n) is 6.89. The highest BCUT2D eigenvalue weighted by molar-refractivity contribution is 6.35. The molecule has 0 bridgehead atoms. The van der Waals surface area contributed by atoms with Gasteiger partial charge in [0.05, 0.1) is 18.4 Å². The minimum atomic E-state index is -0.918. The third-order valence-corrected chi connectivity index (χ3v) is 4.43. The SMILES string of the molecule is C/C=C1/c2c(cnn2Cc2ccc(Cl)cc2Cl)CCC1F. The van der Waals surface area contributed by atoms with Crippen molar-refractivity contribution in [3.8, 4) is 0 Å². The van der Waals surface area contributed by atoms with Gasteiger partial charge in [-0.05, 0) is 43.0 Å². The largest absolute Gasteiger partial charge is 0.260 e. The second-order valence-electron chi connectivity index (χ2n) is 5.16. The maximum absolute atomic E-state index is 14.1. The average Bonchev–Trinajstić information content (AvgIpc) is 2.85. The van der Waals surface area contributed by atoms with Gasteiger partial charge in [0.1, 0.15) is 6.17 Å². The summed E-state index contributed by atoms with van der Waals surface area (Å²) in [5.74, 6) is 0. The first-order chi connectivity index (χ1) is 10.1. The third kappa shape index (κ3) is 2.72. The highest BCUT2D eigenvalue weighted by Gasteiger charge is 2.27. The summed E-state index contributed by atoms with van der Waals surface area (Å²) < 4.78 is 15.9. The van der Waals surface area contributed by atoms with Gasteiger partial charge in [-0.15, -0.1) is 0 Å². The lowest BCUT2D eigenvalue weighted by Crippen LogP contribution is -2.17. The van der Waals surface area contributed by atoms with Gasteiger partial charge >= 0.3 is 0 Å². The van der Waals surface area contributed by atoms with E-state index in [2.05, 4.69) is 5.10 Å². The number of benzene rings is 1. The Morgan fingerprint density at radius 3 is 2.95 bits per heavy atom. The smallest absolute Gasteiger partial charge is 0.127 e. The number of rotatable bonds is 2. The van der Waals surface area contributed by atoms with Crippen molar-refractivity contribution in [3.05, 3.63) is 57.3 Å². The van der Waals surface area contributed by atoms with Crippen molar-refractivity contribution in [2.75, 3.05) is 0 Å². The minimum Gasteiger partial charge on any atom is -0.260 e. The fourth-order valence-corrected chi connectivity index (χ4v) is 3.24. The van der Waals surface area contributed by atoms with E-state index in [-0.39, 0.29) is 0 Å². The molecule has 0 aliphatic heterocycles. The standard InChI is InChI=1S/C16H15Cl2FN2/c1-2-13-15(19)6-4-10-8-20-21(16(10)13)9-11-3-5-12(17)7-14(11)18/h2-3,5,7-8,15H,4,6,9H2,1H3/b13-2+. The number of allylic oxidation sites excluding steroid dienone is 2. The van der Waals surface area contributed by atoms with E-state index in [9.17, 15) is 4.39 Å². The van der Waals surface area contributed by atoms with Crippen molar-refractivity contribution in [3.63, 3.8) is 0 Å². The topological polar surface area (TPSA) is 17.8 Å². The van der Waals surface area contributed by atoms with E-state index in [0.717, 1.165) is 28.8 Å². The van der Waals surface area contributed by atoms with E-state index in [1.807, 2.05) is 29.9 Å². The monoisotopic (exact) mass is 324 g/mol. The Morgan fingerprint density at radius 2 is 2.24 bits per heavy atom. The molecule has 0 spiro atoms. The number of fused-ring (bicyclic) bond motifs is 1. The number of halogens is 3. The van der Waals surface area contributed by atoms with E-state index in [1.165, 1.54) is 0 Å². The van der Waals surface area contributed by atoms with Crippen LogP contribution < -0.4 is 0 Å². The Hall–Kier alpha value is -1.32. The van der Waals surface area contributed by atoms with Gasteiger partial charge in [-0.2, -0.15) is 5.10 Å². The molecule has 0 N–H and O–H groups in total. The van der Waals surface area contributed by atoms with E-state index in [0.29, 0.717) is 23.0 Å². The molecule has 1 aromatic carbocycles. The Bertz CT molecular complexity index is 706. The van der Waals surface area contributed by atoms with Gasteiger partial charge in [0.25, 0.3) is 0 Å². The quantitative estimate of drug-likeness (QED) is 0.766. The van der Waals surface area contributed by atoms with E-state index < -0.39 is 6.17 Å². The molecule has 1 unspecified atom stereocenters. The molecule has 5 heteroatoms. The zero-order valence-electron chi connectivity index (χ0n) is 11.6. The van der Waals surface area contributed by atoms with E-state index >= 15 is 0 Å². The Balaban J connectivity index is 2.00. The molecule has 110 valence electrons. The van der Waals surface area contributed by atoms with Gasteiger partial charge in [-0.1, -0.05) is 35.3 Å². The number of aryl methyl sites for hydroxylation is 1. The molecular formula is C16H15Cl2FN2. The summed E-state index contributed by atoms with van der Waals surface area (Å²) in [6.07, 6.45) is 4.00. The summed E-state index contributed by atoms with van der Waals surface area (Å²) in [6.45, 7) is 2.37. The Kier molecular flexibility index (Phi) is 4.05. The molecule has 2 nitrogen and oxygen atoms in total.